The van der Waals surface area contributed by atoms with Gasteiger partial charge >= 0.3 is 0 Å². The highest BCUT2D eigenvalue weighted by Gasteiger charge is 2.27. The maximum Gasteiger partial charge on any atom is 0.127 e. The molecule has 1 N–H and O–H groups in total. The van der Waals surface area contributed by atoms with Crippen molar-refractivity contribution in [3.05, 3.63) is 32.5 Å². The van der Waals surface area contributed by atoms with Crippen molar-refractivity contribution in [3.8, 4) is 0 Å². The van der Waals surface area contributed by atoms with Gasteiger partial charge in [0, 0.05) is 10.5 Å². The molecule has 0 heterocycles. The summed E-state index contributed by atoms with van der Waals surface area (Å²) < 4.78 is 14.9. The van der Waals surface area contributed by atoms with E-state index >= 15 is 0 Å². The Kier molecular flexibility index (Phi) is 5.27. The molecule has 106 valence electrons. The largest absolute Gasteiger partial charge is 0.310 e. The van der Waals surface area contributed by atoms with Crippen LogP contribution in [0.5, 0.6) is 0 Å². The summed E-state index contributed by atoms with van der Waals surface area (Å²) in [5.41, 5.74) is 1.76. The molecule has 0 saturated carbocycles. The van der Waals surface area contributed by atoms with Crippen LogP contribution in [-0.4, -0.2) is 6.54 Å². The number of benzene rings is 1. The number of hydrogen-bond donors (Lipinski definition) is 1. The summed E-state index contributed by atoms with van der Waals surface area (Å²) in [7, 11) is 0. The van der Waals surface area contributed by atoms with Gasteiger partial charge in [-0.05, 0) is 71.3 Å². The van der Waals surface area contributed by atoms with Crippen LogP contribution in [0.25, 0.3) is 0 Å². The molecule has 19 heavy (non-hydrogen) atoms. The van der Waals surface area contributed by atoms with Crippen molar-refractivity contribution in [1.82, 2.24) is 5.32 Å². The molecule has 1 aromatic rings. The molecule has 1 nitrogen and oxygen atoms in total. The lowest BCUT2D eigenvalue weighted by Gasteiger charge is -2.23. The minimum atomic E-state index is -0.135. The molecule has 0 amide bonds. The second kappa shape index (κ2) is 6.55. The fourth-order valence-electron chi connectivity index (χ4n) is 2.80. The van der Waals surface area contributed by atoms with Crippen LogP contribution in [0, 0.1) is 11.7 Å². The molecule has 0 fully saturated rings. The maximum atomic E-state index is 14.2. The Bertz CT molecular complexity index is 464. The van der Waals surface area contributed by atoms with E-state index in [1.165, 1.54) is 6.07 Å². The molecule has 1 aliphatic rings. The third-order valence-electron chi connectivity index (χ3n) is 3.83. The van der Waals surface area contributed by atoms with Crippen molar-refractivity contribution in [3.63, 3.8) is 0 Å². The van der Waals surface area contributed by atoms with Gasteiger partial charge in [0.05, 0.1) is 5.02 Å². The lowest BCUT2D eigenvalue weighted by Crippen LogP contribution is -2.24. The van der Waals surface area contributed by atoms with Crippen LogP contribution < -0.4 is 5.32 Å². The Morgan fingerprint density at radius 1 is 1.53 bits per heavy atom. The molecule has 2 unspecified atom stereocenters. The van der Waals surface area contributed by atoms with Gasteiger partial charge in [0.1, 0.15) is 5.82 Å². The minimum absolute atomic E-state index is 0.135. The van der Waals surface area contributed by atoms with Crippen molar-refractivity contribution >= 4 is 27.5 Å². The number of halogens is 3. The van der Waals surface area contributed by atoms with Gasteiger partial charge in [0.25, 0.3) is 0 Å². The van der Waals surface area contributed by atoms with Gasteiger partial charge in [-0.15, -0.1) is 0 Å². The van der Waals surface area contributed by atoms with E-state index in [2.05, 4.69) is 35.1 Å². The van der Waals surface area contributed by atoms with E-state index in [9.17, 15) is 4.39 Å². The van der Waals surface area contributed by atoms with Crippen LogP contribution in [0.2, 0.25) is 5.02 Å². The number of nitrogens with one attached hydrogen (secondary N) is 1. The molecule has 4 heteroatoms. The topological polar surface area (TPSA) is 12.0 Å². The molecule has 0 aliphatic heterocycles. The predicted molar refractivity (Wildman–Crippen MR) is 82.2 cm³/mol. The smallest absolute Gasteiger partial charge is 0.127 e. The molecule has 2 atom stereocenters. The fourth-order valence-corrected chi connectivity index (χ4v) is 3.52. The second-order valence-electron chi connectivity index (χ2n) is 5.43. The van der Waals surface area contributed by atoms with E-state index in [0.29, 0.717) is 15.4 Å². The first-order chi connectivity index (χ1) is 9.04. The van der Waals surface area contributed by atoms with Crippen LogP contribution in [0.4, 0.5) is 4.39 Å². The summed E-state index contributed by atoms with van der Waals surface area (Å²) in [6, 6.07) is 1.65. The number of hydrogen-bond acceptors (Lipinski definition) is 1. The highest BCUT2D eigenvalue weighted by Crippen LogP contribution is 2.40. The lowest BCUT2D eigenvalue weighted by atomic mass is 9.96. The number of fused-ring (bicyclic) bond motifs is 1. The SMILES string of the molecule is CCCNC1CC(C)CCc2c(F)cc(Br)c(Cl)c21. The van der Waals surface area contributed by atoms with Crippen molar-refractivity contribution in [2.45, 2.75) is 45.6 Å². The van der Waals surface area contributed by atoms with E-state index in [-0.39, 0.29) is 11.9 Å². The summed E-state index contributed by atoms with van der Waals surface area (Å²) in [5, 5.41) is 4.19. The zero-order valence-corrected chi connectivity index (χ0v) is 13.7. The van der Waals surface area contributed by atoms with E-state index in [0.717, 1.165) is 43.4 Å². The van der Waals surface area contributed by atoms with Crippen LogP contribution in [0.3, 0.4) is 0 Å². The van der Waals surface area contributed by atoms with Gasteiger partial charge in [0.2, 0.25) is 0 Å². The van der Waals surface area contributed by atoms with Crippen molar-refractivity contribution < 1.29 is 4.39 Å². The van der Waals surface area contributed by atoms with Crippen molar-refractivity contribution in [1.29, 1.82) is 0 Å². The Labute approximate surface area is 128 Å². The van der Waals surface area contributed by atoms with Crippen LogP contribution >= 0.6 is 27.5 Å². The van der Waals surface area contributed by atoms with Crippen LogP contribution in [0.1, 0.15) is 50.3 Å². The van der Waals surface area contributed by atoms with E-state index < -0.39 is 0 Å². The third kappa shape index (κ3) is 3.32. The Morgan fingerprint density at radius 3 is 2.95 bits per heavy atom. The molecular formula is C15H20BrClFN. The van der Waals surface area contributed by atoms with Crippen LogP contribution in [-0.2, 0) is 6.42 Å². The fraction of sp³-hybridized carbons (Fsp3) is 0.600. The standard InChI is InChI=1S/C15H20BrClFN/c1-3-6-19-13-7-9(2)4-5-10-12(18)8-11(16)15(17)14(10)13/h8-9,13,19H,3-7H2,1-2H3. The van der Waals surface area contributed by atoms with E-state index in [1.54, 1.807) is 0 Å². The summed E-state index contributed by atoms with van der Waals surface area (Å²) in [6.07, 6.45) is 3.88. The number of rotatable bonds is 3. The van der Waals surface area contributed by atoms with Crippen LogP contribution in [0.15, 0.2) is 10.5 Å². The molecule has 1 aromatic carbocycles. The second-order valence-corrected chi connectivity index (χ2v) is 6.66. The summed E-state index contributed by atoms with van der Waals surface area (Å²) in [6.45, 7) is 5.30. The van der Waals surface area contributed by atoms with Gasteiger partial charge in [-0.2, -0.15) is 0 Å². The Hall–Kier alpha value is -0.120. The Morgan fingerprint density at radius 2 is 2.26 bits per heavy atom. The quantitative estimate of drug-likeness (QED) is 0.581. The molecule has 0 radical (unpaired) electrons. The first-order valence-electron chi connectivity index (χ1n) is 6.94. The van der Waals surface area contributed by atoms with Gasteiger partial charge in [-0.25, -0.2) is 4.39 Å². The molecule has 0 aromatic heterocycles. The summed E-state index contributed by atoms with van der Waals surface area (Å²) in [5.74, 6) is 0.444. The van der Waals surface area contributed by atoms with Crippen molar-refractivity contribution in [2.75, 3.05) is 6.54 Å². The summed E-state index contributed by atoms with van der Waals surface area (Å²) in [4.78, 5) is 0. The zero-order chi connectivity index (χ0) is 14.0. The maximum absolute atomic E-state index is 14.2. The molecule has 0 spiro atoms. The van der Waals surface area contributed by atoms with Gasteiger partial charge in [-0.1, -0.05) is 25.4 Å². The molecule has 0 saturated heterocycles. The predicted octanol–water partition coefficient (Wildman–Crippen LogP) is 5.25. The first kappa shape index (κ1) is 15.3. The van der Waals surface area contributed by atoms with Gasteiger partial charge < -0.3 is 5.32 Å². The highest BCUT2D eigenvalue weighted by molar-refractivity contribution is 9.10. The molecule has 1 aliphatic carbocycles. The third-order valence-corrected chi connectivity index (χ3v) is 5.09. The Balaban J connectivity index is 2.47. The first-order valence-corrected chi connectivity index (χ1v) is 8.11. The highest BCUT2D eigenvalue weighted by atomic mass is 79.9. The van der Waals surface area contributed by atoms with Gasteiger partial charge in [0.15, 0.2) is 0 Å². The van der Waals surface area contributed by atoms with Gasteiger partial charge in [-0.3, -0.25) is 0 Å². The zero-order valence-electron chi connectivity index (χ0n) is 11.4. The van der Waals surface area contributed by atoms with E-state index in [1.807, 2.05) is 0 Å². The monoisotopic (exact) mass is 347 g/mol. The average molecular weight is 349 g/mol. The summed E-state index contributed by atoms with van der Waals surface area (Å²) >= 11 is 9.79. The van der Waals surface area contributed by atoms with E-state index in [4.69, 9.17) is 11.6 Å². The van der Waals surface area contributed by atoms with Crippen molar-refractivity contribution in [2.24, 2.45) is 5.92 Å². The molecule has 2 rings (SSSR count). The minimum Gasteiger partial charge on any atom is -0.310 e. The molecular weight excluding hydrogens is 329 g/mol. The average Bonchev–Trinajstić information content (AvgIpc) is 2.53. The molecule has 0 bridgehead atoms. The normalized spacial score (nSPS) is 23.0. The lowest BCUT2D eigenvalue weighted by molar-refractivity contribution is 0.409.